The minimum Gasteiger partial charge on any atom is -0.466 e. The molecule has 214 valence electrons. The van der Waals surface area contributed by atoms with Crippen LogP contribution in [0.1, 0.15) is 55.8 Å². The van der Waals surface area contributed by atoms with Crippen molar-refractivity contribution < 1.29 is 19.1 Å². The molecule has 0 aromatic heterocycles. The highest BCUT2D eigenvalue weighted by Gasteiger charge is 2.42. The standard InChI is InChI=1S/C32H36N4O4S/c1-5-40-31(39)23-10-9-15-35(18-23)27(37)17-25-19-41-32-33-22(4)28(30(38)34-24-11-7-6-8-12-24)29(36(25)32)26-16-20(2)13-14-21(26)3/h6-8,11-14,16,19,23,29H,5,9-10,15,17-18H2,1-4H3,(H,34,38). The number of hydrogen-bond acceptors (Lipinski definition) is 7. The van der Waals surface area contributed by atoms with Crippen LogP contribution < -0.4 is 5.32 Å². The number of nitrogens with one attached hydrogen (secondary N) is 1. The lowest BCUT2D eigenvalue weighted by Crippen LogP contribution is -2.44. The highest BCUT2D eigenvalue weighted by atomic mass is 32.2. The lowest BCUT2D eigenvalue weighted by atomic mass is 9.89. The maximum atomic E-state index is 13.9. The van der Waals surface area contributed by atoms with Crippen molar-refractivity contribution in [3.8, 4) is 0 Å². The number of amides is 2. The fourth-order valence-corrected chi connectivity index (χ4v) is 6.62. The normalized spacial score (nSPS) is 20.3. The third-order valence-electron chi connectivity index (χ3n) is 7.73. The van der Waals surface area contributed by atoms with Crippen LogP contribution in [0.2, 0.25) is 0 Å². The summed E-state index contributed by atoms with van der Waals surface area (Å²) in [6.45, 7) is 9.05. The molecule has 0 saturated carbocycles. The van der Waals surface area contributed by atoms with Crippen molar-refractivity contribution in [2.75, 3.05) is 25.0 Å². The molecule has 0 radical (unpaired) electrons. The average molecular weight is 573 g/mol. The zero-order chi connectivity index (χ0) is 29.1. The first-order valence-electron chi connectivity index (χ1n) is 14.1. The number of aliphatic imine (C=N–C) groups is 1. The average Bonchev–Trinajstić information content (AvgIpc) is 3.36. The summed E-state index contributed by atoms with van der Waals surface area (Å²) in [6.07, 6.45) is 1.63. The number of benzene rings is 2. The van der Waals surface area contributed by atoms with E-state index in [0.29, 0.717) is 36.7 Å². The number of esters is 1. The van der Waals surface area contributed by atoms with Gasteiger partial charge in [0.25, 0.3) is 5.91 Å². The first-order valence-corrected chi connectivity index (χ1v) is 15.0. The van der Waals surface area contributed by atoms with Gasteiger partial charge in [0.2, 0.25) is 5.91 Å². The van der Waals surface area contributed by atoms with Gasteiger partial charge in [-0.2, -0.15) is 0 Å². The highest BCUT2D eigenvalue weighted by molar-refractivity contribution is 8.16. The number of aryl methyl sites for hydroxylation is 2. The van der Waals surface area contributed by atoms with Gasteiger partial charge in [0, 0.05) is 24.5 Å². The van der Waals surface area contributed by atoms with E-state index in [9.17, 15) is 14.4 Å². The van der Waals surface area contributed by atoms with E-state index >= 15 is 0 Å². The summed E-state index contributed by atoms with van der Waals surface area (Å²) in [5.41, 5.74) is 5.83. The zero-order valence-corrected chi connectivity index (χ0v) is 24.8. The smallest absolute Gasteiger partial charge is 0.310 e. The van der Waals surface area contributed by atoms with E-state index in [1.807, 2.05) is 61.4 Å². The van der Waals surface area contributed by atoms with Gasteiger partial charge in [-0.1, -0.05) is 53.7 Å². The number of carbonyl (C=O) groups excluding carboxylic acids is 3. The van der Waals surface area contributed by atoms with Crippen LogP contribution in [0.5, 0.6) is 0 Å². The molecule has 1 saturated heterocycles. The van der Waals surface area contributed by atoms with Crippen molar-refractivity contribution in [1.29, 1.82) is 0 Å². The van der Waals surface area contributed by atoms with Gasteiger partial charge >= 0.3 is 5.97 Å². The number of allylic oxidation sites excluding steroid dienone is 1. The molecule has 3 aliphatic heterocycles. The maximum Gasteiger partial charge on any atom is 0.310 e. The van der Waals surface area contributed by atoms with Crippen molar-refractivity contribution in [1.82, 2.24) is 9.80 Å². The number of ether oxygens (including phenoxy) is 1. The molecule has 2 unspecified atom stereocenters. The molecule has 41 heavy (non-hydrogen) atoms. The number of likely N-dealkylation sites (tertiary alicyclic amines) is 1. The molecule has 2 amide bonds. The molecule has 0 bridgehead atoms. The number of nitrogens with zero attached hydrogens (tertiary/aromatic N) is 3. The number of piperidine rings is 1. The number of thioether (sulfide) groups is 1. The minimum atomic E-state index is -0.450. The number of amidine groups is 1. The number of carbonyl (C=O) groups is 3. The number of para-hydroxylation sites is 1. The second kappa shape index (κ2) is 12.3. The SMILES string of the molecule is CCOC(=O)C1CCCN(C(=O)CC2=CSC3=NC(C)=C(C(=O)Nc4ccccc4)C(c4cc(C)ccc4C)N23)C1. The van der Waals surface area contributed by atoms with Gasteiger partial charge in [0.15, 0.2) is 5.17 Å². The maximum absolute atomic E-state index is 13.9. The molecule has 2 aromatic rings. The molecule has 9 heteroatoms. The van der Waals surface area contributed by atoms with Gasteiger partial charge in [-0.25, -0.2) is 4.99 Å². The monoisotopic (exact) mass is 572 g/mol. The van der Waals surface area contributed by atoms with Crippen LogP contribution in [-0.2, 0) is 19.1 Å². The van der Waals surface area contributed by atoms with Crippen molar-refractivity contribution in [2.45, 2.75) is 53.0 Å². The Balaban J connectivity index is 1.45. The molecule has 3 heterocycles. The number of fused-ring (bicyclic) bond motifs is 1. The van der Waals surface area contributed by atoms with Gasteiger partial charge < -0.3 is 19.9 Å². The molecule has 0 spiro atoms. The Morgan fingerprint density at radius 2 is 1.88 bits per heavy atom. The number of anilines is 1. The van der Waals surface area contributed by atoms with Crippen molar-refractivity contribution in [2.24, 2.45) is 10.9 Å². The van der Waals surface area contributed by atoms with E-state index in [1.165, 1.54) is 11.8 Å². The van der Waals surface area contributed by atoms with Crippen LogP contribution in [0, 0.1) is 19.8 Å². The molecule has 3 aliphatic rings. The summed E-state index contributed by atoms with van der Waals surface area (Å²) in [4.78, 5) is 48.5. The van der Waals surface area contributed by atoms with E-state index in [-0.39, 0.29) is 30.1 Å². The lowest BCUT2D eigenvalue weighted by molar-refractivity contribution is -0.151. The molecule has 8 nitrogen and oxygen atoms in total. The summed E-state index contributed by atoms with van der Waals surface area (Å²) < 4.78 is 5.23. The third-order valence-corrected chi connectivity index (χ3v) is 8.62. The minimum absolute atomic E-state index is 0.0478. The molecular formula is C32H36N4O4S. The Kier molecular flexibility index (Phi) is 8.63. The first kappa shape index (κ1) is 28.7. The van der Waals surface area contributed by atoms with Crippen LogP contribution in [0.15, 0.2) is 75.9 Å². The van der Waals surface area contributed by atoms with Crippen molar-refractivity contribution in [3.05, 3.63) is 87.6 Å². The summed E-state index contributed by atoms with van der Waals surface area (Å²) in [5.74, 6) is -0.810. The Bertz CT molecular complexity index is 1450. The van der Waals surface area contributed by atoms with Crippen molar-refractivity contribution >= 4 is 40.4 Å². The molecular weight excluding hydrogens is 536 g/mol. The van der Waals surface area contributed by atoms with Crippen LogP contribution >= 0.6 is 11.8 Å². The van der Waals surface area contributed by atoms with E-state index in [0.717, 1.165) is 40.4 Å². The quantitative estimate of drug-likeness (QED) is 0.428. The van der Waals surface area contributed by atoms with Gasteiger partial charge in [0.1, 0.15) is 0 Å². The molecule has 2 atom stereocenters. The zero-order valence-electron chi connectivity index (χ0n) is 24.0. The predicted octanol–water partition coefficient (Wildman–Crippen LogP) is 5.71. The van der Waals surface area contributed by atoms with E-state index in [4.69, 9.17) is 9.73 Å². The Hall–Kier alpha value is -3.85. The van der Waals surface area contributed by atoms with Crippen LogP contribution in [0.4, 0.5) is 5.69 Å². The van der Waals surface area contributed by atoms with E-state index < -0.39 is 6.04 Å². The van der Waals surface area contributed by atoms with Crippen LogP contribution in [-0.4, -0.2) is 52.4 Å². The molecule has 2 aromatic carbocycles. The Morgan fingerprint density at radius 3 is 2.63 bits per heavy atom. The fraction of sp³-hybridized carbons (Fsp3) is 0.375. The summed E-state index contributed by atoms with van der Waals surface area (Å²) in [6, 6.07) is 15.2. The predicted molar refractivity (Wildman–Crippen MR) is 162 cm³/mol. The fourth-order valence-electron chi connectivity index (χ4n) is 5.65. The summed E-state index contributed by atoms with van der Waals surface area (Å²) >= 11 is 1.47. The Labute approximate surface area is 245 Å². The summed E-state index contributed by atoms with van der Waals surface area (Å²) in [5, 5.41) is 5.76. The van der Waals surface area contributed by atoms with Crippen LogP contribution in [0.25, 0.3) is 0 Å². The topological polar surface area (TPSA) is 91.3 Å². The number of rotatable bonds is 7. The number of hydrogen-bond donors (Lipinski definition) is 1. The first-order chi connectivity index (χ1) is 19.8. The van der Waals surface area contributed by atoms with Gasteiger partial charge in [-0.3, -0.25) is 14.4 Å². The molecule has 5 rings (SSSR count). The van der Waals surface area contributed by atoms with Gasteiger partial charge in [-0.15, -0.1) is 0 Å². The molecule has 1 fully saturated rings. The Morgan fingerprint density at radius 1 is 1.10 bits per heavy atom. The highest BCUT2D eigenvalue weighted by Crippen LogP contribution is 2.46. The van der Waals surface area contributed by atoms with E-state index in [1.54, 1.807) is 11.8 Å². The third kappa shape index (κ3) is 6.10. The molecule has 0 aliphatic carbocycles. The van der Waals surface area contributed by atoms with Gasteiger partial charge in [-0.05, 0) is 69.2 Å². The van der Waals surface area contributed by atoms with E-state index in [2.05, 4.69) is 23.5 Å². The summed E-state index contributed by atoms with van der Waals surface area (Å²) in [7, 11) is 0. The van der Waals surface area contributed by atoms with Gasteiger partial charge in [0.05, 0.1) is 36.3 Å². The second-order valence-corrected chi connectivity index (χ2v) is 11.5. The lowest BCUT2D eigenvalue weighted by Gasteiger charge is -2.38. The molecule has 1 N–H and O–H groups in total. The van der Waals surface area contributed by atoms with Crippen LogP contribution in [0.3, 0.4) is 0 Å². The van der Waals surface area contributed by atoms with Crippen molar-refractivity contribution in [3.63, 3.8) is 0 Å². The second-order valence-electron chi connectivity index (χ2n) is 10.7. The largest absolute Gasteiger partial charge is 0.466 e.